The van der Waals surface area contributed by atoms with E-state index in [1.807, 2.05) is 18.2 Å². The van der Waals surface area contributed by atoms with Crippen LogP contribution in [0.3, 0.4) is 0 Å². The van der Waals surface area contributed by atoms with E-state index < -0.39 is 0 Å². The molecule has 1 heterocycles. The van der Waals surface area contributed by atoms with E-state index in [1.165, 1.54) is 12.8 Å². The van der Waals surface area contributed by atoms with Crippen molar-refractivity contribution in [1.29, 1.82) is 0 Å². The Bertz CT molecular complexity index is 405. The number of aromatic nitrogens is 1. The van der Waals surface area contributed by atoms with Crippen LogP contribution >= 0.6 is 12.2 Å². The standard InChI is InChI=1S/C13H21N5S/c1-2-3-5-9-16-12(14)18-13(19)17-10-11-7-4-6-8-15-11/h4,6-8H,2-3,5,9-10H2,1H3,(H4,14,16,17,18,19). The van der Waals surface area contributed by atoms with Crippen LogP contribution in [0.5, 0.6) is 0 Å². The Morgan fingerprint density at radius 2 is 2.26 bits per heavy atom. The van der Waals surface area contributed by atoms with Crippen LogP contribution in [0.15, 0.2) is 29.4 Å². The van der Waals surface area contributed by atoms with Crippen molar-refractivity contribution in [2.24, 2.45) is 10.7 Å². The van der Waals surface area contributed by atoms with Crippen molar-refractivity contribution in [2.75, 3.05) is 6.54 Å². The van der Waals surface area contributed by atoms with Crippen LogP contribution in [0.1, 0.15) is 31.9 Å². The lowest BCUT2D eigenvalue weighted by atomic mass is 10.2. The van der Waals surface area contributed by atoms with E-state index in [4.69, 9.17) is 18.0 Å². The molecule has 6 heteroatoms. The van der Waals surface area contributed by atoms with Gasteiger partial charge in [0.15, 0.2) is 11.1 Å². The molecule has 0 saturated heterocycles. The molecular weight excluding hydrogens is 258 g/mol. The van der Waals surface area contributed by atoms with Crippen LogP contribution < -0.4 is 16.4 Å². The van der Waals surface area contributed by atoms with Gasteiger partial charge in [-0.15, -0.1) is 0 Å². The predicted molar refractivity (Wildman–Crippen MR) is 82.8 cm³/mol. The lowest BCUT2D eigenvalue weighted by molar-refractivity contribution is 0.726. The molecule has 1 aromatic rings. The molecule has 1 aromatic heterocycles. The van der Waals surface area contributed by atoms with E-state index in [1.54, 1.807) is 6.20 Å². The van der Waals surface area contributed by atoms with Gasteiger partial charge in [-0.05, 0) is 30.8 Å². The average molecular weight is 279 g/mol. The second-order valence-electron chi connectivity index (χ2n) is 4.10. The summed E-state index contributed by atoms with van der Waals surface area (Å²) in [6, 6.07) is 5.74. The summed E-state index contributed by atoms with van der Waals surface area (Å²) in [6.45, 7) is 3.45. The summed E-state index contributed by atoms with van der Waals surface area (Å²) < 4.78 is 0. The molecule has 0 fully saturated rings. The molecule has 0 aromatic carbocycles. The van der Waals surface area contributed by atoms with Crippen molar-refractivity contribution in [3.05, 3.63) is 30.1 Å². The number of rotatable bonds is 6. The van der Waals surface area contributed by atoms with E-state index >= 15 is 0 Å². The summed E-state index contributed by atoms with van der Waals surface area (Å²) in [5.41, 5.74) is 6.64. The molecule has 0 aliphatic rings. The molecule has 0 radical (unpaired) electrons. The normalized spacial score (nSPS) is 11.1. The Labute approximate surface area is 119 Å². The van der Waals surface area contributed by atoms with Crippen LogP contribution in [0, 0.1) is 0 Å². The molecule has 0 atom stereocenters. The second kappa shape index (κ2) is 9.27. The molecule has 1 rings (SSSR count). The van der Waals surface area contributed by atoms with E-state index in [9.17, 15) is 0 Å². The Balaban J connectivity index is 2.23. The van der Waals surface area contributed by atoms with E-state index in [2.05, 4.69) is 27.5 Å². The molecular formula is C13H21N5S. The van der Waals surface area contributed by atoms with Gasteiger partial charge in [0.2, 0.25) is 0 Å². The fourth-order valence-electron chi connectivity index (χ4n) is 1.43. The van der Waals surface area contributed by atoms with Gasteiger partial charge < -0.3 is 16.4 Å². The SMILES string of the molecule is CCCCCN=C(N)NC(=S)NCc1ccccn1. The highest BCUT2D eigenvalue weighted by molar-refractivity contribution is 7.80. The molecule has 19 heavy (non-hydrogen) atoms. The topological polar surface area (TPSA) is 75.3 Å². The quantitative estimate of drug-likeness (QED) is 0.319. The fraction of sp³-hybridized carbons (Fsp3) is 0.462. The Kier molecular flexibility index (Phi) is 7.50. The molecule has 104 valence electrons. The van der Waals surface area contributed by atoms with Crippen LogP contribution in [0.25, 0.3) is 0 Å². The first-order valence-corrected chi connectivity index (χ1v) is 6.88. The first-order chi connectivity index (χ1) is 9.22. The van der Waals surface area contributed by atoms with Crippen LogP contribution in [-0.4, -0.2) is 22.6 Å². The smallest absolute Gasteiger partial charge is 0.194 e. The lowest BCUT2D eigenvalue weighted by Gasteiger charge is -2.09. The fourth-order valence-corrected chi connectivity index (χ4v) is 1.61. The summed E-state index contributed by atoms with van der Waals surface area (Å²) in [4.78, 5) is 8.39. The Morgan fingerprint density at radius 3 is 2.95 bits per heavy atom. The van der Waals surface area contributed by atoms with Gasteiger partial charge in [0, 0.05) is 12.7 Å². The highest BCUT2D eigenvalue weighted by Gasteiger charge is 1.98. The number of guanidine groups is 1. The van der Waals surface area contributed by atoms with Crippen molar-refractivity contribution in [3.63, 3.8) is 0 Å². The molecule has 5 nitrogen and oxygen atoms in total. The number of hydrogen-bond acceptors (Lipinski definition) is 3. The molecule has 4 N–H and O–H groups in total. The first kappa shape index (κ1) is 15.4. The van der Waals surface area contributed by atoms with Crippen molar-refractivity contribution < 1.29 is 0 Å². The third-order valence-electron chi connectivity index (χ3n) is 2.44. The Morgan fingerprint density at radius 1 is 1.42 bits per heavy atom. The largest absolute Gasteiger partial charge is 0.370 e. The summed E-state index contributed by atoms with van der Waals surface area (Å²) in [6.07, 6.45) is 5.14. The minimum Gasteiger partial charge on any atom is -0.370 e. The van der Waals surface area contributed by atoms with Crippen molar-refractivity contribution >= 4 is 23.3 Å². The first-order valence-electron chi connectivity index (χ1n) is 6.47. The molecule has 0 aliphatic carbocycles. The van der Waals surface area contributed by atoms with Gasteiger partial charge in [-0.2, -0.15) is 0 Å². The van der Waals surface area contributed by atoms with Gasteiger partial charge in [0.1, 0.15) is 0 Å². The molecule has 0 bridgehead atoms. The molecule has 0 saturated carbocycles. The zero-order valence-electron chi connectivity index (χ0n) is 11.2. The van der Waals surface area contributed by atoms with Gasteiger partial charge in [-0.1, -0.05) is 25.8 Å². The molecule has 0 spiro atoms. The van der Waals surface area contributed by atoms with Gasteiger partial charge in [-0.3, -0.25) is 9.98 Å². The summed E-state index contributed by atoms with van der Waals surface area (Å²) in [7, 11) is 0. The van der Waals surface area contributed by atoms with Gasteiger partial charge >= 0.3 is 0 Å². The maximum atomic E-state index is 5.72. The number of unbranched alkanes of at least 4 members (excludes halogenated alkanes) is 2. The minimum absolute atomic E-state index is 0.356. The highest BCUT2D eigenvalue weighted by Crippen LogP contribution is 1.93. The summed E-state index contributed by atoms with van der Waals surface area (Å²) in [5, 5.41) is 6.34. The van der Waals surface area contributed by atoms with E-state index in [0.717, 1.165) is 18.7 Å². The van der Waals surface area contributed by atoms with Crippen molar-refractivity contribution in [3.8, 4) is 0 Å². The van der Waals surface area contributed by atoms with E-state index in [0.29, 0.717) is 17.6 Å². The number of nitrogens with two attached hydrogens (primary N) is 1. The number of nitrogens with one attached hydrogen (secondary N) is 2. The van der Waals surface area contributed by atoms with E-state index in [-0.39, 0.29) is 0 Å². The van der Waals surface area contributed by atoms with Crippen molar-refractivity contribution in [2.45, 2.75) is 32.7 Å². The molecule has 0 aliphatic heterocycles. The summed E-state index contributed by atoms with van der Waals surface area (Å²) >= 11 is 5.12. The third-order valence-corrected chi connectivity index (χ3v) is 2.69. The zero-order chi connectivity index (χ0) is 13.9. The number of thiocarbonyl (C=S) groups is 1. The zero-order valence-corrected chi connectivity index (χ0v) is 12.0. The second-order valence-corrected chi connectivity index (χ2v) is 4.51. The number of pyridine rings is 1. The Hall–Kier alpha value is -1.69. The number of hydrogen-bond donors (Lipinski definition) is 3. The van der Waals surface area contributed by atoms with Gasteiger partial charge in [-0.25, -0.2) is 0 Å². The van der Waals surface area contributed by atoms with Gasteiger partial charge in [0.25, 0.3) is 0 Å². The third kappa shape index (κ3) is 7.35. The lowest BCUT2D eigenvalue weighted by Crippen LogP contribution is -2.43. The van der Waals surface area contributed by atoms with Crippen LogP contribution in [0.2, 0.25) is 0 Å². The van der Waals surface area contributed by atoms with Crippen molar-refractivity contribution in [1.82, 2.24) is 15.6 Å². The number of nitrogens with zero attached hydrogens (tertiary/aromatic N) is 2. The molecule has 0 amide bonds. The maximum Gasteiger partial charge on any atom is 0.194 e. The van der Waals surface area contributed by atoms with Gasteiger partial charge in [0.05, 0.1) is 12.2 Å². The maximum absolute atomic E-state index is 5.72. The monoisotopic (exact) mass is 279 g/mol. The van der Waals surface area contributed by atoms with Crippen LogP contribution in [0.4, 0.5) is 0 Å². The molecule has 0 unspecified atom stereocenters. The van der Waals surface area contributed by atoms with Crippen LogP contribution in [-0.2, 0) is 6.54 Å². The predicted octanol–water partition coefficient (Wildman–Crippen LogP) is 1.55. The summed E-state index contributed by atoms with van der Waals surface area (Å²) in [5.74, 6) is 0.356. The highest BCUT2D eigenvalue weighted by atomic mass is 32.1. The number of aliphatic imine (C=N–C) groups is 1. The minimum atomic E-state index is 0.356. The average Bonchev–Trinajstić information content (AvgIpc) is 2.42.